The van der Waals surface area contributed by atoms with Gasteiger partial charge in [0.1, 0.15) is 6.04 Å². The van der Waals surface area contributed by atoms with Crippen molar-refractivity contribution in [2.45, 2.75) is 25.8 Å². The molecule has 0 saturated heterocycles. The Morgan fingerprint density at radius 1 is 1.37 bits per heavy atom. The number of carboxylic acids is 1. The van der Waals surface area contributed by atoms with Crippen molar-refractivity contribution in [2.75, 3.05) is 6.61 Å². The minimum Gasteiger partial charge on any atom is -0.480 e. The second kappa shape index (κ2) is 10.3. The summed E-state index contributed by atoms with van der Waals surface area (Å²) in [6.07, 6.45) is 1.20. The molecule has 0 bridgehead atoms. The molecule has 1 unspecified atom stereocenters. The van der Waals surface area contributed by atoms with Crippen molar-refractivity contribution >= 4 is 23.0 Å². The summed E-state index contributed by atoms with van der Waals surface area (Å²) in [6, 6.07) is 8.98. The number of carbonyl (C=O) groups is 2. The first kappa shape index (κ1) is 17.4. The van der Waals surface area contributed by atoms with Gasteiger partial charge >= 0.3 is 11.4 Å². The number of hydrogen-bond acceptors (Lipinski definition) is 4. The van der Waals surface area contributed by atoms with Crippen LogP contribution in [-0.4, -0.2) is 29.2 Å². The van der Waals surface area contributed by atoms with E-state index in [1.807, 2.05) is 30.3 Å². The highest BCUT2D eigenvalue weighted by molar-refractivity contribution is 6.61. The average Bonchev–Trinajstić information content (AvgIpc) is 2.37. The molecule has 0 saturated carbocycles. The largest absolute Gasteiger partial charge is 0.480 e. The van der Waals surface area contributed by atoms with Crippen LogP contribution in [0.25, 0.3) is 0 Å². The number of carbonyl (C=O) groups excluding carboxylic acids is 1. The highest BCUT2D eigenvalue weighted by Gasteiger charge is 2.10. The molecule has 0 aliphatic heterocycles. The van der Waals surface area contributed by atoms with Crippen molar-refractivity contribution < 1.29 is 19.4 Å². The number of halogens is 1. The first-order chi connectivity index (χ1) is 8.97. The van der Waals surface area contributed by atoms with Gasteiger partial charge in [0.2, 0.25) is 0 Å². The monoisotopic (exact) mass is 287 g/mol. The zero-order valence-electron chi connectivity index (χ0n) is 10.7. The van der Waals surface area contributed by atoms with Gasteiger partial charge in [0.15, 0.2) is 0 Å². The first-order valence-electron chi connectivity index (χ1n) is 5.82. The summed E-state index contributed by atoms with van der Waals surface area (Å²) in [6.45, 7) is 2.04. The molecule has 0 amide bonds. The van der Waals surface area contributed by atoms with Crippen LogP contribution in [0.5, 0.6) is 0 Å². The second-order valence-corrected chi connectivity index (χ2v) is 3.95. The Bertz CT molecular complexity index is 383. The number of ether oxygens (including phenoxy) is 1. The number of carboxylic acid groups (broad SMARTS) is 1. The summed E-state index contributed by atoms with van der Waals surface area (Å²) < 4.78 is 4.17. The van der Waals surface area contributed by atoms with E-state index in [2.05, 4.69) is 4.74 Å². The third-order valence-corrected chi connectivity index (χ3v) is 2.27. The van der Waals surface area contributed by atoms with Gasteiger partial charge in [-0.25, -0.2) is 4.79 Å². The van der Waals surface area contributed by atoms with E-state index in [9.17, 15) is 9.59 Å². The zero-order valence-corrected chi connectivity index (χ0v) is 11.5. The minimum atomic E-state index is -0.934. The Morgan fingerprint density at radius 3 is 2.32 bits per heavy atom. The SMILES string of the molecule is CCOC(=O)Cl.NC(CCc1ccccc1)C(=O)O. The van der Waals surface area contributed by atoms with Crippen molar-refractivity contribution in [1.82, 2.24) is 0 Å². The lowest BCUT2D eigenvalue weighted by Crippen LogP contribution is -2.30. The maximum Gasteiger partial charge on any atom is 0.403 e. The number of aliphatic carboxylic acids is 1. The van der Waals surface area contributed by atoms with E-state index in [0.29, 0.717) is 19.4 Å². The van der Waals surface area contributed by atoms with Gasteiger partial charge in [-0.1, -0.05) is 30.3 Å². The van der Waals surface area contributed by atoms with Crippen molar-refractivity contribution in [3.8, 4) is 0 Å². The molecule has 1 aromatic rings. The molecule has 0 spiro atoms. The molecule has 3 N–H and O–H groups in total. The third-order valence-electron chi connectivity index (χ3n) is 2.16. The average molecular weight is 288 g/mol. The molecule has 0 heterocycles. The molecule has 0 aromatic heterocycles. The van der Waals surface area contributed by atoms with Gasteiger partial charge in [-0.15, -0.1) is 0 Å². The van der Waals surface area contributed by atoms with Crippen LogP contribution >= 0.6 is 11.6 Å². The molecule has 1 atom stereocenters. The highest BCUT2D eigenvalue weighted by atomic mass is 35.5. The summed E-state index contributed by atoms with van der Waals surface area (Å²) in [5.74, 6) is -0.934. The number of rotatable bonds is 5. The summed E-state index contributed by atoms with van der Waals surface area (Å²) in [5.41, 5.74) is 5.75. The highest BCUT2D eigenvalue weighted by Crippen LogP contribution is 2.03. The van der Waals surface area contributed by atoms with Crippen molar-refractivity contribution in [3.63, 3.8) is 0 Å². The van der Waals surface area contributed by atoms with E-state index in [-0.39, 0.29) is 0 Å². The normalized spacial score (nSPS) is 10.9. The Kier molecular flexibility index (Phi) is 9.48. The Balaban J connectivity index is 0.000000459. The fourth-order valence-corrected chi connectivity index (χ4v) is 1.31. The van der Waals surface area contributed by atoms with Gasteiger partial charge < -0.3 is 15.6 Å². The fourth-order valence-electron chi connectivity index (χ4n) is 1.20. The summed E-state index contributed by atoms with van der Waals surface area (Å²) in [4.78, 5) is 20.0. The van der Waals surface area contributed by atoms with Crippen molar-refractivity contribution in [1.29, 1.82) is 0 Å². The van der Waals surface area contributed by atoms with Gasteiger partial charge in [0.25, 0.3) is 0 Å². The molecule has 1 aromatic carbocycles. The molecule has 19 heavy (non-hydrogen) atoms. The molecular weight excluding hydrogens is 270 g/mol. The maximum absolute atomic E-state index is 10.4. The van der Waals surface area contributed by atoms with Crippen LogP contribution in [0.2, 0.25) is 0 Å². The van der Waals surface area contributed by atoms with Crippen LogP contribution in [0.4, 0.5) is 4.79 Å². The van der Waals surface area contributed by atoms with E-state index in [1.54, 1.807) is 6.92 Å². The summed E-state index contributed by atoms with van der Waals surface area (Å²) in [7, 11) is 0. The molecule has 6 heteroatoms. The molecule has 0 aliphatic rings. The first-order valence-corrected chi connectivity index (χ1v) is 6.19. The van der Waals surface area contributed by atoms with E-state index in [4.69, 9.17) is 22.4 Å². The van der Waals surface area contributed by atoms with Crippen LogP contribution in [0.1, 0.15) is 18.9 Å². The third kappa shape index (κ3) is 10.1. The predicted molar refractivity (Wildman–Crippen MR) is 73.2 cm³/mol. The molecular formula is C13H18ClNO4. The van der Waals surface area contributed by atoms with Crippen LogP contribution in [0, 0.1) is 0 Å². The predicted octanol–water partition coefficient (Wildman–Crippen LogP) is 2.41. The molecule has 0 radical (unpaired) electrons. The number of benzene rings is 1. The molecule has 5 nitrogen and oxygen atoms in total. The van der Waals surface area contributed by atoms with Crippen molar-refractivity contribution in [3.05, 3.63) is 35.9 Å². The second-order valence-electron chi connectivity index (χ2n) is 3.64. The fraction of sp³-hybridized carbons (Fsp3) is 0.385. The lowest BCUT2D eigenvalue weighted by atomic mass is 10.1. The number of nitrogens with two attached hydrogens (primary N) is 1. The van der Waals surface area contributed by atoms with Crippen molar-refractivity contribution in [2.24, 2.45) is 5.73 Å². The Hall–Kier alpha value is -1.59. The smallest absolute Gasteiger partial charge is 0.403 e. The zero-order chi connectivity index (χ0) is 14.7. The van der Waals surface area contributed by atoms with E-state index < -0.39 is 17.4 Å². The maximum atomic E-state index is 10.4. The lowest BCUT2D eigenvalue weighted by Gasteiger charge is -2.05. The van der Waals surface area contributed by atoms with Gasteiger partial charge in [0, 0.05) is 11.6 Å². The van der Waals surface area contributed by atoms with Gasteiger partial charge in [-0.3, -0.25) is 4.79 Å². The van der Waals surface area contributed by atoms with E-state index in [1.165, 1.54) is 0 Å². The quantitative estimate of drug-likeness (QED) is 0.812. The topological polar surface area (TPSA) is 89.6 Å². The van der Waals surface area contributed by atoms with Gasteiger partial charge in [-0.2, -0.15) is 0 Å². The molecule has 0 aliphatic carbocycles. The number of hydrogen-bond donors (Lipinski definition) is 2. The van der Waals surface area contributed by atoms with Crippen LogP contribution in [0.15, 0.2) is 30.3 Å². The van der Waals surface area contributed by atoms with Gasteiger partial charge in [0.05, 0.1) is 6.61 Å². The van der Waals surface area contributed by atoms with E-state index >= 15 is 0 Å². The molecule has 106 valence electrons. The van der Waals surface area contributed by atoms with Crippen LogP contribution < -0.4 is 5.73 Å². The summed E-state index contributed by atoms with van der Waals surface area (Å²) >= 11 is 4.72. The van der Waals surface area contributed by atoms with E-state index in [0.717, 1.165) is 5.56 Å². The Morgan fingerprint density at radius 2 is 1.95 bits per heavy atom. The lowest BCUT2D eigenvalue weighted by molar-refractivity contribution is -0.138. The van der Waals surface area contributed by atoms with Crippen LogP contribution in [0.3, 0.4) is 0 Å². The molecule has 1 rings (SSSR count). The molecule has 0 fully saturated rings. The summed E-state index contributed by atoms with van der Waals surface area (Å²) in [5, 5.41) is 8.54. The Labute approximate surface area is 117 Å². The van der Waals surface area contributed by atoms with Crippen LogP contribution in [-0.2, 0) is 16.0 Å². The number of aryl methyl sites for hydroxylation is 1. The minimum absolute atomic E-state index is 0.350. The van der Waals surface area contributed by atoms with Gasteiger partial charge in [-0.05, 0) is 25.3 Å². The standard InChI is InChI=1S/C10H13NO2.C3H5ClO2/c11-9(10(12)13)7-6-8-4-2-1-3-5-8;1-2-6-3(4)5/h1-5,9H,6-7,11H2,(H,12,13);2H2,1H3.